The van der Waals surface area contributed by atoms with Crippen LogP contribution in [0.3, 0.4) is 0 Å². The van der Waals surface area contributed by atoms with E-state index >= 15 is 0 Å². The number of aromatic nitrogens is 4. The third-order valence-corrected chi connectivity index (χ3v) is 5.08. The van der Waals surface area contributed by atoms with Gasteiger partial charge in [0.1, 0.15) is 23.7 Å². The second kappa shape index (κ2) is 5.82. The van der Waals surface area contributed by atoms with E-state index in [1.165, 1.54) is 17.5 Å². The maximum Gasteiger partial charge on any atom is 0.141 e. The van der Waals surface area contributed by atoms with Gasteiger partial charge in [-0.25, -0.2) is 4.68 Å². The van der Waals surface area contributed by atoms with E-state index in [0.29, 0.717) is 0 Å². The summed E-state index contributed by atoms with van der Waals surface area (Å²) in [4.78, 5) is 1.17. The monoisotopic (exact) mass is 324 g/mol. The first kappa shape index (κ1) is 15.2. The zero-order chi connectivity index (χ0) is 16.6. The van der Waals surface area contributed by atoms with Crippen LogP contribution in [-0.2, 0) is 0 Å². The molecule has 0 aliphatic rings. The fraction of sp³-hybridized carbons (Fsp3) is 0.250. The highest BCUT2D eigenvalue weighted by atomic mass is 32.1. The van der Waals surface area contributed by atoms with Gasteiger partial charge in [0.25, 0.3) is 0 Å². The minimum absolute atomic E-state index is 0.747. The molecule has 0 saturated heterocycles. The molecule has 0 saturated carbocycles. The van der Waals surface area contributed by atoms with E-state index in [0.717, 1.165) is 33.1 Å². The van der Waals surface area contributed by atoms with Crippen molar-refractivity contribution in [2.45, 2.75) is 27.7 Å². The highest BCUT2D eigenvalue weighted by molar-refractivity contribution is 7.14. The molecule has 0 atom stereocenters. The number of thiophene rings is 1. The Morgan fingerprint density at radius 2 is 1.91 bits per heavy atom. The lowest BCUT2D eigenvalue weighted by molar-refractivity contribution is 0.878. The molecule has 0 N–H and O–H groups in total. The summed E-state index contributed by atoms with van der Waals surface area (Å²) < 4.78 is 3.67. The van der Waals surface area contributed by atoms with Crippen LogP contribution in [0.2, 0.25) is 0 Å². The van der Waals surface area contributed by atoms with Crippen LogP contribution in [0.15, 0.2) is 23.8 Å². The summed E-state index contributed by atoms with van der Waals surface area (Å²) in [6.07, 6.45) is 4.85. The lowest BCUT2D eigenvalue weighted by atomic mass is 10.2. The first-order chi connectivity index (χ1) is 11.0. The third-order valence-electron chi connectivity index (χ3n) is 3.89. The van der Waals surface area contributed by atoms with Crippen molar-refractivity contribution in [1.29, 1.82) is 5.26 Å². The molecule has 3 aromatic heterocycles. The van der Waals surface area contributed by atoms with Gasteiger partial charge in [0, 0.05) is 21.8 Å². The zero-order valence-electron chi connectivity index (χ0n) is 13.4. The standard InChI is InChI=1S/C16H16N6S/c1-10-5-14(7-20-21-8-18-19-9-21)12(3)22(10)16-15(6-17)11(2)13(4)23-16/h5,7-9H,1-4H3/b20-7+. The van der Waals surface area contributed by atoms with E-state index in [1.54, 1.807) is 22.2 Å². The van der Waals surface area contributed by atoms with Crippen LogP contribution in [0.25, 0.3) is 5.00 Å². The van der Waals surface area contributed by atoms with Gasteiger partial charge in [-0.05, 0) is 39.3 Å². The largest absolute Gasteiger partial charge is 0.308 e. The van der Waals surface area contributed by atoms with Crippen LogP contribution in [0.1, 0.15) is 33.0 Å². The van der Waals surface area contributed by atoms with Gasteiger partial charge in [-0.3, -0.25) is 0 Å². The van der Waals surface area contributed by atoms with Crippen LogP contribution in [0.4, 0.5) is 0 Å². The van der Waals surface area contributed by atoms with Crippen LogP contribution in [-0.4, -0.2) is 25.7 Å². The molecule has 0 radical (unpaired) electrons. The van der Waals surface area contributed by atoms with Crippen molar-refractivity contribution in [1.82, 2.24) is 19.4 Å². The van der Waals surface area contributed by atoms with Gasteiger partial charge in [-0.2, -0.15) is 10.4 Å². The Labute approximate surface area is 138 Å². The van der Waals surface area contributed by atoms with E-state index in [2.05, 4.69) is 32.0 Å². The number of aryl methyl sites for hydroxylation is 2. The average Bonchev–Trinajstić information content (AvgIpc) is 3.19. The molecule has 0 spiro atoms. The molecular weight excluding hydrogens is 308 g/mol. The smallest absolute Gasteiger partial charge is 0.141 e. The highest BCUT2D eigenvalue weighted by Crippen LogP contribution is 2.33. The van der Waals surface area contributed by atoms with E-state index in [1.807, 2.05) is 27.7 Å². The molecule has 3 rings (SSSR count). The maximum atomic E-state index is 9.49. The van der Waals surface area contributed by atoms with Gasteiger partial charge in [0.05, 0.1) is 11.8 Å². The van der Waals surface area contributed by atoms with Gasteiger partial charge in [0.15, 0.2) is 0 Å². The molecule has 0 aromatic carbocycles. The van der Waals surface area contributed by atoms with Gasteiger partial charge < -0.3 is 4.57 Å². The van der Waals surface area contributed by atoms with Gasteiger partial charge in [-0.1, -0.05) is 0 Å². The van der Waals surface area contributed by atoms with E-state index in [4.69, 9.17) is 0 Å². The fourth-order valence-electron chi connectivity index (χ4n) is 2.51. The second-order valence-electron chi connectivity index (χ2n) is 5.32. The molecule has 0 unspecified atom stereocenters. The van der Waals surface area contributed by atoms with E-state index in [9.17, 15) is 5.26 Å². The van der Waals surface area contributed by atoms with Crippen molar-refractivity contribution in [2.24, 2.45) is 5.10 Å². The van der Waals surface area contributed by atoms with Crippen molar-refractivity contribution in [2.75, 3.05) is 0 Å². The van der Waals surface area contributed by atoms with Gasteiger partial charge in [0.2, 0.25) is 0 Å². The number of nitriles is 1. The Kier molecular flexibility index (Phi) is 3.84. The molecule has 6 nitrogen and oxygen atoms in total. The molecule has 23 heavy (non-hydrogen) atoms. The van der Waals surface area contributed by atoms with Gasteiger partial charge >= 0.3 is 0 Å². The number of hydrogen-bond acceptors (Lipinski definition) is 5. The minimum atomic E-state index is 0.747. The average molecular weight is 324 g/mol. The topological polar surface area (TPSA) is 71.8 Å². The van der Waals surface area contributed by atoms with E-state index < -0.39 is 0 Å². The van der Waals surface area contributed by atoms with Gasteiger partial charge in [-0.15, -0.1) is 21.5 Å². The normalized spacial score (nSPS) is 11.3. The van der Waals surface area contributed by atoms with Crippen LogP contribution >= 0.6 is 11.3 Å². The lowest BCUT2D eigenvalue weighted by Crippen LogP contribution is -1.99. The summed E-state index contributed by atoms with van der Waals surface area (Å²) in [6, 6.07) is 4.40. The van der Waals surface area contributed by atoms with Crippen molar-refractivity contribution in [3.63, 3.8) is 0 Å². The summed E-state index contributed by atoms with van der Waals surface area (Å²) in [5, 5.41) is 22.2. The summed E-state index contributed by atoms with van der Waals surface area (Å²) in [5.74, 6) is 0. The van der Waals surface area contributed by atoms with Crippen LogP contribution < -0.4 is 0 Å². The Morgan fingerprint density at radius 3 is 2.57 bits per heavy atom. The summed E-state index contributed by atoms with van der Waals surface area (Å²) >= 11 is 1.65. The Balaban J connectivity index is 2.09. The third kappa shape index (κ3) is 2.58. The number of hydrogen-bond donors (Lipinski definition) is 0. The van der Waals surface area contributed by atoms with Crippen molar-refractivity contribution >= 4 is 17.6 Å². The molecule has 7 heteroatoms. The predicted octanol–water partition coefficient (Wildman–Crippen LogP) is 3.12. The quantitative estimate of drug-likeness (QED) is 0.695. The summed E-state index contributed by atoms with van der Waals surface area (Å²) in [6.45, 7) is 8.12. The molecule has 0 fully saturated rings. The molecule has 116 valence electrons. The molecule has 3 heterocycles. The van der Waals surface area contributed by atoms with Crippen molar-refractivity contribution in [3.05, 3.63) is 51.7 Å². The molecule has 0 amide bonds. The van der Waals surface area contributed by atoms with Crippen LogP contribution in [0.5, 0.6) is 0 Å². The number of rotatable bonds is 3. The minimum Gasteiger partial charge on any atom is -0.308 e. The van der Waals surface area contributed by atoms with Crippen LogP contribution in [0, 0.1) is 39.0 Å². The first-order valence-corrected chi connectivity index (χ1v) is 7.93. The Hall–Kier alpha value is -2.72. The molecule has 3 aromatic rings. The molecule has 0 aliphatic carbocycles. The maximum absolute atomic E-state index is 9.49. The SMILES string of the molecule is Cc1sc(-n2c(C)cc(/C=N/n3cnnc3)c2C)c(C#N)c1C. The lowest BCUT2D eigenvalue weighted by Gasteiger charge is -2.07. The number of nitrogens with zero attached hydrogens (tertiary/aromatic N) is 6. The molecule has 0 bridgehead atoms. The zero-order valence-corrected chi connectivity index (χ0v) is 14.2. The van der Waals surface area contributed by atoms with E-state index in [-0.39, 0.29) is 0 Å². The fourth-order valence-corrected chi connectivity index (χ4v) is 3.73. The summed E-state index contributed by atoms with van der Waals surface area (Å²) in [5.41, 5.74) is 4.93. The summed E-state index contributed by atoms with van der Waals surface area (Å²) in [7, 11) is 0. The highest BCUT2D eigenvalue weighted by Gasteiger charge is 2.18. The van der Waals surface area contributed by atoms with Crippen molar-refractivity contribution in [3.8, 4) is 11.1 Å². The molecular formula is C16H16N6S. The first-order valence-electron chi connectivity index (χ1n) is 7.11. The Morgan fingerprint density at radius 1 is 1.22 bits per heavy atom. The molecule has 0 aliphatic heterocycles. The van der Waals surface area contributed by atoms with Crippen molar-refractivity contribution < 1.29 is 0 Å². The second-order valence-corrected chi connectivity index (χ2v) is 6.53. The Bertz CT molecular complexity index is 921. The predicted molar refractivity (Wildman–Crippen MR) is 90.3 cm³/mol.